The molecule has 0 aliphatic carbocycles. The number of rotatable bonds is 2. The lowest BCUT2D eigenvalue weighted by Gasteiger charge is -2.45. The van der Waals surface area contributed by atoms with Crippen LogP contribution in [-0.2, 0) is 4.74 Å². The van der Waals surface area contributed by atoms with Gasteiger partial charge in [-0.05, 0) is 67.9 Å². The summed E-state index contributed by atoms with van der Waals surface area (Å²) in [6, 6.07) is 0. The van der Waals surface area contributed by atoms with Gasteiger partial charge in [-0.1, -0.05) is 0 Å². The Labute approximate surface area is 101 Å². The molecule has 1 saturated heterocycles. The molecule has 0 spiro atoms. The highest BCUT2D eigenvalue weighted by Gasteiger charge is 2.42. The third-order valence-corrected chi connectivity index (χ3v) is 3.37. The Hall–Kier alpha value is -0.0800. The molecule has 1 aliphatic heterocycles. The topological polar surface area (TPSA) is 12.5 Å². The zero-order valence-electron chi connectivity index (χ0n) is 12.2. The summed E-state index contributed by atoms with van der Waals surface area (Å²) in [6.45, 7) is 17.7. The van der Waals surface area contributed by atoms with Crippen molar-refractivity contribution in [3.05, 3.63) is 0 Å². The summed E-state index contributed by atoms with van der Waals surface area (Å²) >= 11 is 0. The fourth-order valence-electron chi connectivity index (χ4n) is 2.69. The van der Waals surface area contributed by atoms with E-state index in [-0.39, 0.29) is 16.7 Å². The average molecular weight is 227 g/mol. The molecule has 0 amide bonds. The molecule has 1 unspecified atom stereocenters. The van der Waals surface area contributed by atoms with E-state index in [1.54, 1.807) is 0 Å². The van der Waals surface area contributed by atoms with Crippen molar-refractivity contribution in [1.82, 2.24) is 4.90 Å². The molecule has 0 bridgehead atoms. The Morgan fingerprint density at radius 1 is 1.12 bits per heavy atom. The Morgan fingerprint density at radius 3 is 2.12 bits per heavy atom. The quantitative estimate of drug-likeness (QED) is 0.716. The van der Waals surface area contributed by atoms with Crippen molar-refractivity contribution in [2.24, 2.45) is 0 Å². The molecule has 1 heterocycles. The van der Waals surface area contributed by atoms with Crippen LogP contribution in [0.3, 0.4) is 0 Å². The highest BCUT2D eigenvalue weighted by molar-refractivity contribution is 4.98. The molecule has 1 fully saturated rings. The van der Waals surface area contributed by atoms with E-state index in [0.717, 1.165) is 6.61 Å². The van der Waals surface area contributed by atoms with Crippen LogP contribution in [-0.4, -0.2) is 34.7 Å². The van der Waals surface area contributed by atoms with Crippen molar-refractivity contribution in [2.45, 2.75) is 78.0 Å². The number of likely N-dealkylation sites (tertiary alicyclic amines) is 1. The Morgan fingerprint density at radius 2 is 1.69 bits per heavy atom. The van der Waals surface area contributed by atoms with Crippen LogP contribution in [0, 0.1) is 0 Å². The monoisotopic (exact) mass is 227 g/mol. The van der Waals surface area contributed by atoms with Crippen LogP contribution >= 0.6 is 0 Å². The Kier molecular flexibility index (Phi) is 3.76. The van der Waals surface area contributed by atoms with Crippen LogP contribution in [0.1, 0.15) is 61.3 Å². The molecule has 1 aliphatic rings. The molecule has 0 aromatic heterocycles. The first-order valence-electron chi connectivity index (χ1n) is 6.46. The molecular weight excluding hydrogens is 198 g/mol. The second-order valence-electron chi connectivity index (χ2n) is 7.32. The average Bonchev–Trinajstić information content (AvgIpc) is 2.43. The highest BCUT2D eigenvalue weighted by atomic mass is 16.5. The van der Waals surface area contributed by atoms with Gasteiger partial charge < -0.3 is 4.74 Å². The minimum absolute atomic E-state index is 0.0326. The van der Waals surface area contributed by atoms with Crippen LogP contribution in [0.25, 0.3) is 0 Å². The molecule has 0 radical (unpaired) electrons. The summed E-state index contributed by atoms with van der Waals surface area (Å²) < 4.78 is 6.00. The predicted molar refractivity (Wildman–Crippen MR) is 69.8 cm³/mol. The first-order chi connectivity index (χ1) is 7.05. The van der Waals surface area contributed by atoms with E-state index in [9.17, 15) is 0 Å². The van der Waals surface area contributed by atoms with Crippen LogP contribution in [0.15, 0.2) is 0 Å². The largest absolute Gasteiger partial charge is 0.374 e. The second-order valence-corrected chi connectivity index (χ2v) is 7.32. The lowest BCUT2D eigenvalue weighted by atomic mass is 9.94. The van der Waals surface area contributed by atoms with Gasteiger partial charge in [-0.2, -0.15) is 0 Å². The molecule has 0 aromatic carbocycles. The molecule has 2 nitrogen and oxygen atoms in total. The van der Waals surface area contributed by atoms with Crippen molar-refractivity contribution in [2.75, 3.05) is 13.2 Å². The number of hydrogen-bond donors (Lipinski definition) is 0. The van der Waals surface area contributed by atoms with Gasteiger partial charge in [0.2, 0.25) is 0 Å². The van der Waals surface area contributed by atoms with Crippen molar-refractivity contribution in [1.29, 1.82) is 0 Å². The number of ether oxygens (including phenoxy) is 1. The van der Waals surface area contributed by atoms with E-state index in [2.05, 4.69) is 53.4 Å². The highest BCUT2D eigenvalue weighted by Crippen LogP contribution is 2.36. The molecule has 96 valence electrons. The van der Waals surface area contributed by atoms with E-state index in [1.807, 2.05) is 0 Å². The van der Waals surface area contributed by atoms with Gasteiger partial charge >= 0.3 is 0 Å². The van der Waals surface area contributed by atoms with E-state index in [0.29, 0.717) is 0 Å². The van der Waals surface area contributed by atoms with Crippen molar-refractivity contribution in [3.8, 4) is 0 Å². The summed E-state index contributed by atoms with van der Waals surface area (Å²) in [5.41, 5.74) is 0.424. The van der Waals surface area contributed by atoms with E-state index in [1.165, 1.54) is 19.4 Å². The maximum atomic E-state index is 6.00. The lowest BCUT2D eigenvalue weighted by Crippen LogP contribution is -2.54. The first kappa shape index (κ1) is 14.0. The van der Waals surface area contributed by atoms with Gasteiger partial charge in [-0.25, -0.2) is 0 Å². The minimum Gasteiger partial charge on any atom is -0.374 e. The normalized spacial score (nSPS) is 28.7. The SMILES string of the molecule is CC(C)(C)OCC1(C)CCCN1C(C)(C)C. The number of hydrogen-bond acceptors (Lipinski definition) is 2. The van der Waals surface area contributed by atoms with Crippen LogP contribution < -0.4 is 0 Å². The van der Waals surface area contributed by atoms with Gasteiger partial charge in [0.15, 0.2) is 0 Å². The third kappa shape index (κ3) is 3.46. The molecule has 1 rings (SSSR count). The van der Waals surface area contributed by atoms with Crippen LogP contribution in [0.5, 0.6) is 0 Å². The Bertz CT molecular complexity index is 236. The molecule has 0 saturated carbocycles. The van der Waals surface area contributed by atoms with Gasteiger partial charge in [-0.3, -0.25) is 4.90 Å². The van der Waals surface area contributed by atoms with E-state index >= 15 is 0 Å². The zero-order valence-corrected chi connectivity index (χ0v) is 12.2. The number of nitrogens with zero attached hydrogens (tertiary/aromatic N) is 1. The maximum absolute atomic E-state index is 6.00. The zero-order chi connectivity index (χ0) is 12.6. The summed E-state index contributed by atoms with van der Waals surface area (Å²) in [5, 5.41) is 0. The lowest BCUT2D eigenvalue weighted by molar-refractivity contribution is -0.0747. The standard InChI is InChI=1S/C14H29NO/c1-12(2,3)15-10-8-9-14(15,7)11-16-13(4,5)6/h8-11H2,1-7H3. The minimum atomic E-state index is -0.0326. The maximum Gasteiger partial charge on any atom is 0.0655 e. The smallest absolute Gasteiger partial charge is 0.0655 e. The fraction of sp³-hybridized carbons (Fsp3) is 1.00. The van der Waals surface area contributed by atoms with Gasteiger partial charge in [0.25, 0.3) is 0 Å². The van der Waals surface area contributed by atoms with Crippen molar-refractivity contribution < 1.29 is 4.74 Å². The summed E-state index contributed by atoms with van der Waals surface area (Å²) in [6.07, 6.45) is 2.54. The Balaban J connectivity index is 2.68. The van der Waals surface area contributed by atoms with Crippen molar-refractivity contribution >= 4 is 0 Å². The molecule has 1 atom stereocenters. The van der Waals surface area contributed by atoms with E-state index < -0.39 is 0 Å². The summed E-state index contributed by atoms with van der Waals surface area (Å²) in [5.74, 6) is 0. The van der Waals surface area contributed by atoms with Gasteiger partial charge in [0.1, 0.15) is 0 Å². The van der Waals surface area contributed by atoms with Crippen LogP contribution in [0.2, 0.25) is 0 Å². The van der Waals surface area contributed by atoms with Gasteiger partial charge in [0, 0.05) is 11.1 Å². The summed E-state index contributed by atoms with van der Waals surface area (Å²) in [7, 11) is 0. The molecule has 2 heteroatoms. The van der Waals surface area contributed by atoms with Gasteiger partial charge in [0.05, 0.1) is 12.2 Å². The predicted octanol–water partition coefficient (Wildman–Crippen LogP) is 3.45. The molecule has 0 aromatic rings. The summed E-state index contributed by atoms with van der Waals surface area (Å²) in [4.78, 5) is 2.60. The van der Waals surface area contributed by atoms with Crippen molar-refractivity contribution in [3.63, 3.8) is 0 Å². The molecule has 16 heavy (non-hydrogen) atoms. The van der Waals surface area contributed by atoms with E-state index in [4.69, 9.17) is 4.74 Å². The second kappa shape index (κ2) is 4.30. The van der Waals surface area contributed by atoms with Gasteiger partial charge in [-0.15, -0.1) is 0 Å². The first-order valence-corrected chi connectivity index (χ1v) is 6.46. The molecule has 0 N–H and O–H groups in total. The third-order valence-electron chi connectivity index (χ3n) is 3.37. The fourth-order valence-corrected chi connectivity index (χ4v) is 2.69. The van der Waals surface area contributed by atoms with Crippen LogP contribution in [0.4, 0.5) is 0 Å². The molecular formula is C14H29NO.